The Labute approximate surface area is 123 Å². The number of aromatic nitrogens is 3. The van der Waals surface area contributed by atoms with Crippen molar-refractivity contribution in [2.45, 2.75) is 5.16 Å². The predicted octanol–water partition coefficient (Wildman–Crippen LogP) is 1.04. The molecule has 0 spiro atoms. The second-order valence-electron chi connectivity index (χ2n) is 4.04. The average Bonchev–Trinajstić information content (AvgIpc) is 2.77. The molecule has 0 aliphatic heterocycles. The number of thioether (sulfide) groups is 1. The van der Waals surface area contributed by atoms with Crippen molar-refractivity contribution >= 4 is 35.0 Å². The second kappa shape index (κ2) is 6.22. The number of nitro benzene ring substituents is 1. The summed E-state index contributed by atoms with van der Waals surface area (Å²) in [5.41, 5.74) is 5.99. The number of nitrogens with two attached hydrogens (primary N) is 1. The number of nitrogen functional groups attached to an aromatic ring is 1. The lowest BCUT2D eigenvalue weighted by Crippen LogP contribution is -2.14. The van der Waals surface area contributed by atoms with E-state index in [0.717, 1.165) is 0 Å². The van der Waals surface area contributed by atoms with E-state index in [0.29, 0.717) is 10.8 Å². The van der Waals surface area contributed by atoms with Gasteiger partial charge in [-0.05, 0) is 12.1 Å². The minimum absolute atomic E-state index is 0.0306. The number of benzene rings is 1. The fourth-order valence-corrected chi connectivity index (χ4v) is 2.16. The van der Waals surface area contributed by atoms with Crippen molar-refractivity contribution in [2.75, 3.05) is 16.8 Å². The number of nitro groups is 1. The van der Waals surface area contributed by atoms with Crippen LogP contribution in [0.1, 0.15) is 0 Å². The van der Waals surface area contributed by atoms with Gasteiger partial charge in [0.15, 0.2) is 5.16 Å². The molecule has 0 bridgehead atoms. The van der Waals surface area contributed by atoms with Crippen molar-refractivity contribution in [2.24, 2.45) is 7.05 Å². The maximum atomic E-state index is 11.8. The van der Waals surface area contributed by atoms with E-state index in [9.17, 15) is 14.9 Å². The van der Waals surface area contributed by atoms with Crippen LogP contribution in [-0.2, 0) is 11.8 Å². The predicted molar refractivity (Wildman–Crippen MR) is 77.9 cm³/mol. The van der Waals surface area contributed by atoms with E-state index in [2.05, 4.69) is 15.5 Å². The van der Waals surface area contributed by atoms with Crippen molar-refractivity contribution in [3.05, 3.63) is 34.4 Å². The number of hydrogen-bond acceptors (Lipinski definition) is 7. The Morgan fingerprint density at radius 1 is 1.43 bits per heavy atom. The van der Waals surface area contributed by atoms with Gasteiger partial charge in [0.2, 0.25) is 11.9 Å². The summed E-state index contributed by atoms with van der Waals surface area (Å²) in [6.45, 7) is 0. The number of amides is 1. The number of nitrogens with one attached hydrogen (secondary N) is 1. The molecule has 0 unspecified atom stereocenters. The van der Waals surface area contributed by atoms with Gasteiger partial charge in [-0.3, -0.25) is 19.5 Å². The fourth-order valence-electron chi connectivity index (χ4n) is 1.45. The van der Waals surface area contributed by atoms with E-state index in [1.807, 2.05) is 0 Å². The lowest BCUT2D eigenvalue weighted by Gasteiger charge is -2.04. The summed E-state index contributed by atoms with van der Waals surface area (Å²) in [4.78, 5) is 21.8. The molecule has 0 fully saturated rings. The van der Waals surface area contributed by atoms with Gasteiger partial charge >= 0.3 is 0 Å². The van der Waals surface area contributed by atoms with Crippen LogP contribution in [0.5, 0.6) is 0 Å². The molecule has 0 atom stereocenters. The lowest BCUT2D eigenvalue weighted by atomic mass is 10.3. The molecule has 2 rings (SSSR count). The third-order valence-electron chi connectivity index (χ3n) is 2.56. The van der Waals surface area contributed by atoms with Crippen LogP contribution >= 0.6 is 11.8 Å². The van der Waals surface area contributed by atoms with Crippen molar-refractivity contribution in [1.82, 2.24) is 14.8 Å². The quantitative estimate of drug-likeness (QED) is 0.479. The van der Waals surface area contributed by atoms with Crippen LogP contribution in [0.2, 0.25) is 0 Å². The molecule has 1 aromatic heterocycles. The number of carbonyl (C=O) groups is 1. The van der Waals surface area contributed by atoms with E-state index >= 15 is 0 Å². The number of non-ortho nitro benzene ring substituents is 1. The smallest absolute Gasteiger partial charge is 0.269 e. The third-order valence-corrected chi connectivity index (χ3v) is 3.58. The monoisotopic (exact) mass is 308 g/mol. The minimum atomic E-state index is -0.500. The minimum Gasteiger partial charge on any atom is -0.368 e. The third kappa shape index (κ3) is 3.69. The molecule has 3 N–H and O–H groups in total. The molecule has 1 aromatic carbocycles. The van der Waals surface area contributed by atoms with E-state index in [1.165, 1.54) is 36.0 Å². The zero-order valence-electron chi connectivity index (χ0n) is 11.0. The summed E-state index contributed by atoms with van der Waals surface area (Å²) in [6, 6.07) is 5.60. The Kier molecular flexibility index (Phi) is 4.38. The SMILES string of the molecule is Cn1c(N)nnc1SCC(=O)Nc1ccc([N+](=O)[O-])cc1. The summed E-state index contributed by atoms with van der Waals surface area (Å²) >= 11 is 1.19. The van der Waals surface area contributed by atoms with E-state index in [-0.39, 0.29) is 23.3 Å². The van der Waals surface area contributed by atoms with E-state index < -0.39 is 4.92 Å². The number of nitrogens with zero attached hydrogens (tertiary/aromatic N) is 4. The number of hydrogen-bond donors (Lipinski definition) is 2. The number of carbonyl (C=O) groups excluding carboxylic acids is 1. The summed E-state index contributed by atoms with van der Waals surface area (Å²) < 4.78 is 1.57. The van der Waals surface area contributed by atoms with Gasteiger partial charge in [-0.1, -0.05) is 11.8 Å². The molecule has 0 aliphatic rings. The van der Waals surface area contributed by atoms with E-state index in [1.54, 1.807) is 11.6 Å². The molecule has 10 heteroatoms. The van der Waals surface area contributed by atoms with Crippen molar-refractivity contribution in [1.29, 1.82) is 0 Å². The first kappa shape index (κ1) is 14.8. The highest BCUT2D eigenvalue weighted by molar-refractivity contribution is 7.99. The maximum absolute atomic E-state index is 11.8. The Bertz CT molecular complexity index is 669. The van der Waals surface area contributed by atoms with Crippen LogP contribution in [0, 0.1) is 10.1 Å². The first-order chi connectivity index (χ1) is 9.97. The summed E-state index contributed by atoms with van der Waals surface area (Å²) in [5, 5.41) is 21.2. The zero-order chi connectivity index (χ0) is 15.4. The first-order valence-electron chi connectivity index (χ1n) is 5.79. The van der Waals surface area contributed by atoms with Crippen LogP contribution in [0.25, 0.3) is 0 Å². The van der Waals surface area contributed by atoms with Gasteiger partial charge in [-0.25, -0.2) is 0 Å². The highest BCUT2D eigenvalue weighted by Gasteiger charge is 2.10. The zero-order valence-corrected chi connectivity index (χ0v) is 11.8. The van der Waals surface area contributed by atoms with Crippen LogP contribution in [0.3, 0.4) is 0 Å². The fraction of sp³-hybridized carbons (Fsp3) is 0.182. The lowest BCUT2D eigenvalue weighted by molar-refractivity contribution is -0.384. The van der Waals surface area contributed by atoms with Gasteiger partial charge in [-0.2, -0.15) is 0 Å². The van der Waals surface area contributed by atoms with Gasteiger partial charge in [0, 0.05) is 24.9 Å². The Morgan fingerprint density at radius 3 is 2.62 bits per heavy atom. The average molecular weight is 308 g/mol. The van der Waals surface area contributed by atoms with Gasteiger partial charge in [0.05, 0.1) is 10.7 Å². The Morgan fingerprint density at radius 2 is 2.10 bits per heavy atom. The standard InChI is InChI=1S/C11H12N6O3S/c1-16-10(12)14-15-11(16)21-6-9(18)13-7-2-4-8(5-3-7)17(19)20/h2-5H,6H2,1H3,(H2,12,14)(H,13,18). The van der Waals surface area contributed by atoms with Crippen LogP contribution in [0.4, 0.5) is 17.3 Å². The van der Waals surface area contributed by atoms with Crippen LogP contribution < -0.4 is 11.1 Å². The molecule has 0 saturated carbocycles. The van der Waals surface area contributed by atoms with Gasteiger partial charge < -0.3 is 11.1 Å². The van der Waals surface area contributed by atoms with Crippen molar-refractivity contribution < 1.29 is 9.72 Å². The number of rotatable bonds is 5. The van der Waals surface area contributed by atoms with Crippen LogP contribution in [0.15, 0.2) is 29.4 Å². The molecule has 2 aromatic rings. The van der Waals surface area contributed by atoms with E-state index in [4.69, 9.17) is 5.73 Å². The van der Waals surface area contributed by atoms with Gasteiger partial charge in [0.1, 0.15) is 0 Å². The molecule has 0 saturated heterocycles. The van der Waals surface area contributed by atoms with Crippen LogP contribution in [-0.4, -0.2) is 31.3 Å². The molecule has 9 nitrogen and oxygen atoms in total. The summed E-state index contributed by atoms with van der Waals surface area (Å²) in [5.74, 6) is 0.145. The Balaban J connectivity index is 1.89. The summed E-state index contributed by atoms with van der Waals surface area (Å²) in [6.07, 6.45) is 0. The highest BCUT2D eigenvalue weighted by atomic mass is 32.2. The summed E-state index contributed by atoms with van der Waals surface area (Å²) in [7, 11) is 1.70. The molecule has 21 heavy (non-hydrogen) atoms. The van der Waals surface area contributed by atoms with Gasteiger partial charge in [-0.15, -0.1) is 10.2 Å². The van der Waals surface area contributed by atoms with Crippen molar-refractivity contribution in [3.63, 3.8) is 0 Å². The largest absolute Gasteiger partial charge is 0.368 e. The number of anilines is 2. The highest BCUT2D eigenvalue weighted by Crippen LogP contribution is 2.18. The molecule has 0 radical (unpaired) electrons. The molecule has 110 valence electrons. The normalized spacial score (nSPS) is 10.3. The molecular formula is C11H12N6O3S. The first-order valence-corrected chi connectivity index (χ1v) is 6.78. The Hall–Kier alpha value is -2.62. The van der Waals surface area contributed by atoms with Crippen molar-refractivity contribution in [3.8, 4) is 0 Å². The maximum Gasteiger partial charge on any atom is 0.269 e. The topological polar surface area (TPSA) is 129 Å². The molecule has 1 heterocycles. The molecule has 0 aliphatic carbocycles. The molecular weight excluding hydrogens is 296 g/mol. The molecule has 1 amide bonds. The second-order valence-corrected chi connectivity index (χ2v) is 4.98. The van der Waals surface area contributed by atoms with Gasteiger partial charge in [0.25, 0.3) is 5.69 Å².